The van der Waals surface area contributed by atoms with E-state index in [0.717, 1.165) is 31.1 Å². The summed E-state index contributed by atoms with van der Waals surface area (Å²) in [6.45, 7) is 2.30. The van der Waals surface area contributed by atoms with E-state index in [9.17, 15) is 24.9 Å². The Morgan fingerprint density at radius 1 is 1.10 bits per heavy atom. The average molecular weight is 405 g/mol. The molecule has 4 fully saturated rings. The molecule has 0 unspecified atom stereocenters. The minimum atomic E-state index is -1.27. The predicted octanol–water partition coefficient (Wildman–Crippen LogP) is 1.75. The molecule has 1 aliphatic heterocycles. The third-order valence-electron chi connectivity index (χ3n) is 9.77. The highest BCUT2D eigenvalue weighted by Gasteiger charge is 2.71. The molecule has 0 aromatic heterocycles. The maximum Gasteiger partial charge on any atom is 0.331 e. The van der Waals surface area contributed by atoms with Crippen LogP contribution >= 0.6 is 0 Å². The Hall–Kier alpha value is -1.24. The number of ether oxygens (including phenoxy) is 1. The molecule has 0 aromatic rings. The van der Waals surface area contributed by atoms with Crippen LogP contribution in [-0.4, -0.2) is 52.0 Å². The zero-order valence-corrected chi connectivity index (χ0v) is 17.0. The standard InChI is InChI=1S/C23H32O6/c1-21-6-5-16-17(3-2-14-9-15(25)4-7-22(14,16)12-24)23(21,28)19(26)10-18(21)13-8-20(27)29-11-13/h8,12,14-19,25-26,28H,2-7,9-11H2,1H3/t14-,15-,16-,17+,18+,19+,21+,22+,23+/m0/s1. The fraction of sp³-hybridized carbons (Fsp3) is 0.826. The van der Waals surface area contributed by atoms with E-state index >= 15 is 0 Å². The van der Waals surface area contributed by atoms with Crippen molar-refractivity contribution < 1.29 is 29.6 Å². The monoisotopic (exact) mass is 404 g/mol. The number of hydrogen-bond donors (Lipinski definition) is 3. The van der Waals surface area contributed by atoms with Gasteiger partial charge in [0.05, 0.1) is 17.8 Å². The zero-order chi connectivity index (χ0) is 20.6. The normalized spacial score (nSPS) is 54.1. The maximum absolute atomic E-state index is 12.5. The Balaban J connectivity index is 1.53. The largest absolute Gasteiger partial charge is 0.458 e. The molecule has 5 aliphatic rings. The van der Waals surface area contributed by atoms with Gasteiger partial charge in [-0.25, -0.2) is 4.79 Å². The first-order chi connectivity index (χ1) is 13.8. The summed E-state index contributed by atoms with van der Waals surface area (Å²) in [4.78, 5) is 24.1. The third-order valence-corrected chi connectivity index (χ3v) is 9.77. The second-order valence-electron chi connectivity index (χ2n) is 10.6. The van der Waals surface area contributed by atoms with Gasteiger partial charge in [0.1, 0.15) is 12.9 Å². The minimum Gasteiger partial charge on any atom is -0.458 e. The van der Waals surface area contributed by atoms with Crippen LogP contribution in [-0.2, 0) is 14.3 Å². The molecule has 160 valence electrons. The summed E-state index contributed by atoms with van der Waals surface area (Å²) in [6.07, 6.45) is 6.94. The van der Waals surface area contributed by atoms with Gasteiger partial charge in [-0.15, -0.1) is 0 Å². The Kier molecular flexibility index (Phi) is 4.34. The van der Waals surface area contributed by atoms with E-state index in [-0.39, 0.29) is 42.4 Å². The number of aldehydes is 1. The number of aliphatic hydroxyl groups excluding tert-OH is 2. The van der Waals surface area contributed by atoms with Crippen LogP contribution in [0.25, 0.3) is 0 Å². The number of fused-ring (bicyclic) bond motifs is 5. The van der Waals surface area contributed by atoms with Gasteiger partial charge in [0, 0.05) is 16.9 Å². The van der Waals surface area contributed by atoms with Gasteiger partial charge in [0.2, 0.25) is 0 Å². The fourth-order valence-corrected chi connectivity index (χ4v) is 8.33. The second kappa shape index (κ2) is 6.38. The molecule has 6 nitrogen and oxygen atoms in total. The number of cyclic esters (lactones) is 1. The van der Waals surface area contributed by atoms with Gasteiger partial charge in [0.25, 0.3) is 0 Å². The molecule has 9 atom stereocenters. The first kappa shape index (κ1) is 19.7. The number of aliphatic hydroxyl groups is 3. The molecule has 4 saturated carbocycles. The van der Waals surface area contributed by atoms with Crippen molar-refractivity contribution in [2.24, 2.45) is 34.5 Å². The highest BCUT2D eigenvalue weighted by atomic mass is 16.5. The highest BCUT2D eigenvalue weighted by molar-refractivity contribution is 5.85. The molecular formula is C23H32O6. The van der Waals surface area contributed by atoms with Crippen molar-refractivity contribution in [2.45, 2.75) is 76.1 Å². The lowest BCUT2D eigenvalue weighted by atomic mass is 9.43. The molecule has 0 saturated heterocycles. The smallest absolute Gasteiger partial charge is 0.331 e. The molecule has 3 N–H and O–H groups in total. The molecular weight excluding hydrogens is 372 g/mol. The number of rotatable bonds is 2. The highest BCUT2D eigenvalue weighted by Crippen LogP contribution is 2.69. The van der Waals surface area contributed by atoms with Gasteiger partial charge in [0.15, 0.2) is 0 Å². The SMILES string of the molecule is C[C@]12CC[C@H]3[C@@H](CC[C@H]4C[C@@H](O)CC[C@@]43C=O)[C@@]1(O)[C@H](O)C[C@@H]2C1=CC(=O)OC1. The van der Waals surface area contributed by atoms with Crippen LogP contribution < -0.4 is 0 Å². The van der Waals surface area contributed by atoms with Crippen LogP contribution in [0.5, 0.6) is 0 Å². The van der Waals surface area contributed by atoms with Crippen LogP contribution in [0.3, 0.4) is 0 Å². The van der Waals surface area contributed by atoms with Crippen LogP contribution in [0, 0.1) is 34.5 Å². The summed E-state index contributed by atoms with van der Waals surface area (Å²) in [7, 11) is 0. The number of carbonyl (C=O) groups is 2. The lowest BCUT2D eigenvalue weighted by Crippen LogP contribution is -2.66. The number of esters is 1. The van der Waals surface area contributed by atoms with Crippen LogP contribution in [0.15, 0.2) is 11.6 Å². The Morgan fingerprint density at radius 2 is 1.90 bits per heavy atom. The first-order valence-corrected chi connectivity index (χ1v) is 11.2. The molecule has 0 radical (unpaired) electrons. The fourth-order valence-electron chi connectivity index (χ4n) is 8.33. The van der Waals surface area contributed by atoms with Gasteiger partial charge in [-0.3, -0.25) is 0 Å². The summed E-state index contributed by atoms with van der Waals surface area (Å²) >= 11 is 0. The first-order valence-electron chi connectivity index (χ1n) is 11.2. The van der Waals surface area contributed by atoms with E-state index in [1.54, 1.807) is 0 Å². The molecule has 4 aliphatic carbocycles. The summed E-state index contributed by atoms with van der Waals surface area (Å²) in [5.74, 6) is -0.378. The molecule has 29 heavy (non-hydrogen) atoms. The summed E-state index contributed by atoms with van der Waals surface area (Å²) in [5, 5.41) is 33.4. The third kappa shape index (κ3) is 2.40. The molecule has 0 aromatic carbocycles. The van der Waals surface area contributed by atoms with Crippen LogP contribution in [0.1, 0.15) is 58.3 Å². The average Bonchev–Trinajstić information content (AvgIpc) is 3.21. The maximum atomic E-state index is 12.5. The van der Waals surface area contributed by atoms with E-state index in [1.165, 1.54) is 6.08 Å². The van der Waals surface area contributed by atoms with Gasteiger partial charge in [-0.2, -0.15) is 0 Å². The molecule has 0 amide bonds. The van der Waals surface area contributed by atoms with Crippen molar-refractivity contribution in [1.82, 2.24) is 0 Å². The van der Waals surface area contributed by atoms with E-state index in [1.807, 2.05) is 0 Å². The van der Waals surface area contributed by atoms with Gasteiger partial charge < -0.3 is 24.9 Å². The second-order valence-corrected chi connectivity index (χ2v) is 10.6. The van der Waals surface area contributed by atoms with Gasteiger partial charge in [-0.1, -0.05) is 6.92 Å². The topological polar surface area (TPSA) is 104 Å². The lowest BCUT2D eigenvalue weighted by molar-refractivity contribution is -0.232. The van der Waals surface area contributed by atoms with Crippen molar-refractivity contribution in [2.75, 3.05) is 6.61 Å². The number of carbonyl (C=O) groups excluding carboxylic acids is 2. The lowest BCUT2D eigenvalue weighted by Gasteiger charge is -2.63. The summed E-state index contributed by atoms with van der Waals surface area (Å²) < 4.78 is 5.13. The predicted molar refractivity (Wildman–Crippen MR) is 104 cm³/mol. The van der Waals surface area contributed by atoms with E-state index in [0.29, 0.717) is 32.1 Å². The Morgan fingerprint density at radius 3 is 2.59 bits per heavy atom. The van der Waals surface area contributed by atoms with Crippen molar-refractivity contribution in [3.05, 3.63) is 11.6 Å². The van der Waals surface area contributed by atoms with E-state index in [2.05, 4.69) is 6.92 Å². The van der Waals surface area contributed by atoms with E-state index in [4.69, 9.17) is 4.74 Å². The quantitative estimate of drug-likeness (QED) is 0.479. The van der Waals surface area contributed by atoms with Crippen LogP contribution in [0.4, 0.5) is 0 Å². The summed E-state index contributed by atoms with van der Waals surface area (Å²) in [6, 6.07) is 0. The van der Waals surface area contributed by atoms with Crippen molar-refractivity contribution >= 4 is 12.3 Å². The number of hydrogen-bond acceptors (Lipinski definition) is 6. The molecule has 6 heteroatoms. The van der Waals surface area contributed by atoms with Gasteiger partial charge in [-0.05, 0) is 80.6 Å². The summed E-state index contributed by atoms with van der Waals surface area (Å²) in [5.41, 5.74) is -1.43. The minimum absolute atomic E-state index is 0.0353. The molecule has 0 bridgehead atoms. The van der Waals surface area contributed by atoms with Crippen LogP contribution in [0.2, 0.25) is 0 Å². The Bertz CT molecular complexity index is 762. The molecule has 5 rings (SSSR count). The van der Waals surface area contributed by atoms with Crippen molar-refractivity contribution in [3.63, 3.8) is 0 Å². The Labute approximate surface area is 171 Å². The van der Waals surface area contributed by atoms with E-state index < -0.39 is 22.5 Å². The zero-order valence-electron chi connectivity index (χ0n) is 17.0. The van der Waals surface area contributed by atoms with Crippen molar-refractivity contribution in [1.29, 1.82) is 0 Å². The van der Waals surface area contributed by atoms with Crippen molar-refractivity contribution in [3.8, 4) is 0 Å². The molecule has 1 heterocycles. The van der Waals surface area contributed by atoms with Gasteiger partial charge >= 0.3 is 5.97 Å². The molecule has 0 spiro atoms.